The first-order valence-electron chi connectivity index (χ1n) is 13.6. The Labute approximate surface area is 229 Å². The number of fused-ring (bicyclic) bond motifs is 1. The highest BCUT2D eigenvalue weighted by Gasteiger charge is 2.31. The number of furan rings is 1. The van der Waals surface area contributed by atoms with Crippen LogP contribution >= 0.6 is 0 Å². The first-order valence-corrected chi connectivity index (χ1v) is 13.6. The molecule has 2 N–H and O–H groups in total. The van der Waals surface area contributed by atoms with Gasteiger partial charge in [-0.3, -0.25) is 9.59 Å². The normalized spacial score (nSPS) is 16.1. The van der Waals surface area contributed by atoms with Gasteiger partial charge in [0, 0.05) is 30.9 Å². The van der Waals surface area contributed by atoms with Crippen molar-refractivity contribution in [2.24, 2.45) is 5.92 Å². The fourth-order valence-corrected chi connectivity index (χ4v) is 5.61. The van der Waals surface area contributed by atoms with Gasteiger partial charge in [0.15, 0.2) is 5.76 Å². The molecule has 1 saturated carbocycles. The van der Waals surface area contributed by atoms with Crippen LogP contribution in [0, 0.1) is 11.7 Å². The third-order valence-corrected chi connectivity index (χ3v) is 7.68. The summed E-state index contributed by atoms with van der Waals surface area (Å²) in [4.78, 5) is 28.3. The highest BCUT2D eigenvalue weighted by Crippen LogP contribution is 2.33. The first-order chi connectivity index (χ1) is 19.2. The maximum absolute atomic E-state index is 13.5. The minimum absolute atomic E-state index is 0.0856. The van der Waals surface area contributed by atoms with Gasteiger partial charge in [-0.25, -0.2) is 4.39 Å². The molecule has 6 nitrogen and oxygen atoms in total. The number of carbonyl (C=O) groups excluding carboxylic acids is 2. The lowest BCUT2D eigenvalue weighted by atomic mass is 9.97. The van der Waals surface area contributed by atoms with E-state index in [0.29, 0.717) is 25.4 Å². The molecule has 2 aliphatic rings. The number of amides is 2. The van der Waals surface area contributed by atoms with Crippen LogP contribution < -0.4 is 15.5 Å². The maximum atomic E-state index is 13.5. The maximum Gasteiger partial charge on any atom is 0.416 e. The molecule has 3 aromatic rings. The molecule has 1 atom stereocenters. The molecule has 2 amide bonds. The standard InChI is InChI=1S/C30H31F4N3O3/c31-23-8-9-25-20(18-23)12-14-37(25)15-13-35-28(38)24(16-19-4-1-2-5-19)36-29(39)27-11-10-26(40-27)21-6-3-7-22(17-21)30(32,33)34/h3,6-11,17-19,24H,1-2,4-5,12-16H2,(H,35,38)(H,36,39)/t24-/m0/s1. The summed E-state index contributed by atoms with van der Waals surface area (Å²) in [5.41, 5.74) is 1.28. The molecule has 1 aliphatic heterocycles. The second-order valence-corrected chi connectivity index (χ2v) is 10.5. The lowest BCUT2D eigenvalue weighted by molar-refractivity contribution is -0.137. The number of nitrogens with zero attached hydrogens (tertiary/aromatic N) is 1. The fraction of sp³-hybridized carbons (Fsp3) is 0.400. The van der Waals surface area contributed by atoms with Crippen molar-refractivity contribution in [3.63, 3.8) is 0 Å². The van der Waals surface area contributed by atoms with Crippen LogP contribution in [0.2, 0.25) is 0 Å². The molecule has 0 radical (unpaired) electrons. The van der Waals surface area contributed by atoms with Crippen LogP contribution in [0.5, 0.6) is 0 Å². The van der Waals surface area contributed by atoms with E-state index in [1.54, 1.807) is 6.07 Å². The van der Waals surface area contributed by atoms with E-state index in [-0.39, 0.29) is 28.8 Å². The molecule has 1 fully saturated rings. The van der Waals surface area contributed by atoms with Gasteiger partial charge in [0.25, 0.3) is 5.91 Å². The third kappa shape index (κ3) is 6.48. The van der Waals surface area contributed by atoms with Crippen molar-refractivity contribution in [3.05, 3.63) is 77.3 Å². The molecule has 40 heavy (non-hydrogen) atoms. The number of anilines is 1. The highest BCUT2D eigenvalue weighted by molar-refractivity contribution is 5.96. The van der Waals surface area contributed by atoms with Crippen molar-refractivity contribution >= 4 is 17.5 Å². The predicted octanol–water partition coefficient (Wildman–Crippen LogP) is 5.96. The van der Waals surface area contributed by atoms with Gasteiger partial charge in [0.1, 0.15) is 17.6 Å². The molecule has 212 valence electrons. The fourth-order valence-electron chi connectivity index (χ4n) is 5.61. The van der Waals surface area contributed by atoms with Crippen molar-refractivity contribution in [1.82, 2.24) is 10.6 Å². The van der Waals surface area contributed by atoms with E-state index in [1.165, 1.54) is 36.4 Å². The van der Waals surface area contributed by atoms with Gasteiger partial charge < -0.3 is 20.0 Å². The second-order valence-electron chi connectivity index (χ2n) is 10.5. The number of alkyl halides is 3. The van der Waals surface area contributed by atoms with Gasteiger partial charge in [-0.05, 0) is 66.8 Å². The van der Waals surface area contributed by atoms with Gasteiger partial charge in [0.2, 0.25) is 5.91 Å². The lowest BCUT2D eigenvalue weighted by Gasteiger charge is -2.23. The monoisotopic (exact) mass is 557 g/mol. The Kier molecular flexibility index (Phi) is 8.14. The summed E-state index contributed by atoms with van der Waals surface area (Å²) >= 11 is 0. The molecule has 2 heterocycles. The highest BCUT2D eigenvalue weighted by atomic mass is 19.4. The molecule has 1 aliphatic carbocycles. The largest absolute Gasteiger partial charge is 0.451 e. The molecular weight excluding hydrogens is 526 g/mol. The average Bonchev–Trinajstić information content (AvgIpc) is 3.69. The summed E-state index contributed by atoms with van der Waals surface area (Å²) in [6.07, 6.45) is 0.876. The number of carbonyl (C=O) groups is 2. The summed E-state index contributed by atoms with van der Waals surface area (Å²) in [5.74, 6) is -0.821. The first kappa shape index (κ1) is 27.7. The van der Waals surface area contributed by atoms with E-state index in [0.717, 1.165) is 62.0 Å². The van der Waals surface area contributed by atoms with Crippen LogP contribution in [-0.2, 0) is 17.4 Å². The molecular formula is C30H31F4N3O3. The van der Waals surface area contributed by atoms with E-state index in [2.05, 4.69) is 15.5 Å². The Balaban J connectivity index is 1.22. The number of halogens is 4. The molecule has 1 aromatic heterocycles. The van der Waals surface area contributed by atoms with Crippen molar-refractivity contribution < 1.29 is 31.6 Å². The zero-order chi connectivity index (χ0) is 28.3. The SMILES string of the molecule is O=C(N[C@@H](CC1CCCC1)C(=O)NCCN1CCc2cc(F)ccc21)c1ccc(-c2cccc(C(F)(F)F)c2)o1. The van der Waals surface area contributed by atoms with E-state index in [1.807, 2.05) is 0 Å². The molecule has 2 aromatic carbocycles. The minimum Gasteiger partial charge on any atom is -0.451 e. The van der Waals surface area contributed by atoms with Crippen LogP contribution in [-0.4, -0.2) is 37.5 Å². The Morgan fingerprint density at radius 3 is 2.62 bits per heavy atom. The lowest BCUT2D eigenvalue weighted by Crippen LogP contribution is -2.49. The van der Waals surface area contributed by atoms with Gasteiger partial charge >= 0.3 is 6.18 Å². The van der Waals surface area contributed by atoms with Crippen LogP contribution in [0.3, 0.4) is 0 Å². The summed E-state index contributed by atoms with van der Waals surface area (Å²) in [7, 11) is 0. The van der Waals surface area contributed by atoms with Crippen molar-refractivity contribution in [1.29, 1.82) is 0 Å². The van der Waals surface area contributed by atoms with E-state index < -0.39 is 23.7 Å². The topological polar surface area (TPSA) is 74.6 Å². The number of hydrogen-bond acceptors (Lipinski definition) is 4. The van der Waals surface area contributed by atoms with Crippen LogP contribution in [0.1, 0.15) is 53.8 Å². The second kappa shape index (κ2) is 11.7. The van der Waals surface area contributed by atoms with E-state index in [9.17, 15) is 27.2 Å². The third-order valence-electron chi connectivity index (χ3n) is 7.68. The quantitative estimate of drug-likeness (QED) is 0.319. The van der Waals surface area contributed by atoms with Gasteiger partial charge in [-0.1, -0.05) is 37.8 Å². The summed E-state index contributed by atoms with van der Waals surface area (Å²) < 4.78 is 58.4. The average molecular weight is 558 g/mol. The molecule has 0 unspecified atom stereocenters. The van der Waals surface area contributed by atoms with Gasteiger partial charge in [0.05, 0.1) is 5.56 Å². The van der Waals surface area contributed by atoms with Crippen LogP contribution in [0.15, 0.2) is 59.0 Å². The summed E-state index contributed by atoms with van der Waals surface area (Å²) in [6, 6.07) is 11.4. The van der Waals surface area contributed by atoms with E-state index in [4.69, 9.17) is 4.42 Å². The number of nitrogens with one attached hydrogen (secondary N) is 2. The Bertz CT molecular complexity index is 1360. The van der Waals surface area contributed by atoms with E-state index >= 15 is 0 Å². The summed E-state index contributed by atoms with van der Waals surface area (Å²) in [6.45, 7) is 1.64. The summed E-state index contributed by atoms with van der Waals surface area (Å²) in [5, 5.41) is 5.71. The molecule has 10 heteroatoms. The smallest absolute Gasteiger partial charge is 0.416 e. The number of benzene rings is 2. The number of hydrogen-bond donors (Lipinski definition) is 2. The van der Waals surface area contributed by atoms with Crippen LogP contribution in [0.25, 0.3) is 11.3 Å². The zero-order valence-corrected chi connectivity index (χ0v) is 21.9. The molecule has 0 bridgehead atoms. The molecule has 5 rings (SSSR count). The van der Waals surface area contributed by atoms with Crippen molar-refractivity contribution in [2.45, 2.75) is 50.7 Å². The zero-order valence-electron chi connectivity index (χ0n) is 21.9. The number of rotatable bonds is 9. The minimum atomic E-state index is -4.50. The van der Waals surface area contributed by atoms with Crippen LogP contribution in [0.4, 0.5) is 23.2 Å². The van der Waals surface area contributed by atoms with Gasteiger partial charge in [-0.15, -0.1) is 0 Å². The van der Waals surface area contributed by atoms with Crippen molar-refractivity contribution in [2.75, 3.05) is 24.5 Å². The molecule has 0 spiro atoms. The Morgan fingerprint density at radius 2 is 1.85 bits per heavy atom. The van der Waals surface area contributed by atoms with Crippen molar-refractivity contribution in [3.8, 4) is 11.3 Å². The Morgan fingerprint density at radius 1 is 1.05 bits per heavy atom. The molecule has 0 saturated heterocycles. The van der Waals surface area contributed by atoms with Gasteiger partial charge in [-0.2, -0.15) is 13.2 Å². The Hall–Kier alpha value is -3.82. The predicted molar refractivity (Wildman–Crippen MR) is 142 cm³/mol.